The molecule has 0 bridgehead atoms. The standard InChI is InChI=1S/C20H26N2O5S/c1-15-8-10-18(11-9-15)27-13-12-21-20(23)16(2)22(28(4,24)25)17-6-5-7-19(14-17)26-3/h5-11,14,16H,12-13H2,1-4H3,(H,21,23). The monoisotopic (exact) mass is 406 g/mol. The number of sulfonamides is 1. The summed E-state index contributed by atoms with van der Waals surface area (Å²) in [4.78, 5) is 12.5. The summed E-state index contributed by atoms with van der Waals surface area (Å²) in [7, 11) is -2.19. The molecule has 7 nitrogen and oxygen atoms in total. The number of hydrogen-bond donors (Lipinski definition) is 1. The number of benzene rings is 2. The van der Waals surface area contributed by atoms with Crippen molar-refractivity contribution in [1.82, 2.24) is 5.32 Å². The summed E-state index contributed by atoms with van der Waals surface area (Å²) in [5.74, 6) is 0.799. The molecule has 0 radical (unpaired) electrons. The molecule has 1 amide bonds. The van der Waals surface area contributed by atoms with Crippen LogP contribution in [0.2, 0.25) is 0 Å². The molecule has 0 aliphatic rings. The van der Waals surface area contributed by atoms with Crippen molar-refractivity contribution < 1.29 is 22.7 Å². The molecule has 1 N–H and O–H groups in total. The van der Waals surface area contributed by atoms with Crippen LogP contribution >= 0.6 is 0 Å². The van der Waals surface area contributed by atoms with Crippen LogP contribution in [0, 0.1) is 6.92 Å². The molecule has 0 aromatic heterocycles. The van der Waals surface area contributed by atoms with Crippen LogP contribution in [-0.4, -0.2) is 46.9 Å². The smallest absolute Gasteiger partial charge is 0.243 e. The first kappa shape index (κ1) is 21.6. The minimum absolute atomic E-state index is 0.257. The molecule has 28 heavy (non-hydrogen) atoms. The molecular formula is C20H26N2O5S. The Kier molecular flexibility index (Phi) is 7.28. The molecule has 8 heteroatoms. The highest BCUT2D eigenvalue weighted by atomic mass is 32.2. The quantitative estimate of drug-likeness (QED) is 0.646. The van der Waals surface area contributed by atoms with E-state index >= 15 is 0 Å². The van der Waals surface area contributed by atoms with Crippen molar-refractivity contribution in [3.05, 3.63) is 54.1 Å². The lowest BCUT2D eigenvalue weighted by Gasteiger charge is -2.28. The van der Waals surface area contributed by atoms with Crippen LogP contribution in [0.3, 0.4) is 0 Å². The summed E-state index contributed by atoms with van der Waals surface area (Å²) in [5.41, 5.74) is 1.49. The molecule has 2 rings (SSSR count). The first-order valence-electron chi connectivity index (χ1n) is 8.83. The van der Waals surface area contributed by atoms with E-state index in [1.54, 1.807) is 24.3 Å². The van der Waals surface area contributed by atoms with E-state index in [0.717, 1.165) is 16.1 Å². The molecule has 152 valence electrons. The molecule has 1 atom stereocenters. The third kappa shape index (κ3) is 5.88. The van der Waals surface area contributed by atoms with Gasteiger partial charge in [0.1, 0.15) is 24.1 Å². The number of rotatable bonds is 9. The molecule has 1 unspecified atom stereocenters. The first-order valence-corrected chi connectivity index (χ1v) is 10.7. The number of carbonyl (C=O) groups excluding carboxylic acids is 1. The fraction of sp³-hybridized carbons (Fsp3) is 0.350. The van der Waals surface area contributed by atoms with E-state index in [4.69, 9.17) is 9.47 Å². The number of nitrogens with zero attached hydrogens (tertiary/aromatic N) is 1. The molecular weight excluding hydrogens is 380 g/mol. The second-order valence-corrected chi connectivity index (χ2v) is 8.25. The Balaban J connectivity index is 2.00. The molecule has 0 spiro atoms. The zero-order valence-corrected chi connectivity index (χ0v) is 17.3. The third-order valence-electron chi connectivity index (χ3n) is 4.09. The number of ether oxygens (including phenoxy) is 2. The Labute approximate surface area is 166 Å². The van der Waals surface area contributed by atoms with Crippen molar-refractivity contribution in [1.29, 1.82) is 0 Å². The zero-order chi connectivity index (χ0) is 20.7. The summed E-state index contributed by atoms with van der Waals surface area (Å²) in [6.45, 7) is 4.06. The molecule has 0 saturated heterocycles. The highest BCUT2D eigenvalue weighted by Gasteiger charge is 2.29. The Bertz CT molecular complexity index is 897. The highest BCUT2D eigenvalue weighted by molar-refractivity contribution is 7.92. The van der Waals surface area contributed by atoms with Gasteiger partial charge in [0.15, 0.2) is 0 Å². The van der Waals surface area contributed by atoms with Gasteiger partial charge in [0, 0.05) is 6.07 Å². The second kappa shape index (κ2) is 9.45. The van der Waals surface area contributed by atoms with Gasteiger partial charge in [-0.05, 0) is 38.1 Å². The Morgan fingerprint density at radius 3 is 2.43 bits per heavy atom. The van der Waals surface area contributed by atoms with Crippen molar-refractivity contribution in [3.63, 3.8) is 0 Å². The van der Waals surface area contributed by atoms with Crippen LogP contribution in [0.25, 0.3) is 0 Å². The number of carbonyl (C=O) groups is 1. The van der Waals surface area contributed by atoms with Gasteiger partial charge in [0.05, 0.1) is 25.6 Å². The molecule has 2 aromatic carbocycles. The van der Waals surface area contributed by atoms with Crippen LogP contribution in [0.5, 0.6) is 11.5 Å². The van der Waals surface area contributed by atoms with Crippen molar-refractivity contribution >= 4 is 21.6 Å². The molecule has 2 aromatic rings. The van der Waals surface area contributed by atoms with Gasteiger partial charge in [-0.15, -0.1) is 0 Å². The largest absolute Gasteiger partial charge is 0.497 e. The predicted molar refractivity (Wildman–Crippen MR) is 109 cm³/mol. The van der Waals surface area contributed by atoms with Gasteiger partial charge in [-0.1, -0.05) is 23.8 Å². The fourth-order valence-electron chi connectivity index (χ4n) is 2.68. The first-order chi connectivity index (χ1) is 13.2. The van der Waals surface area contributed by atoms with Crippen molar-refractivity contribution in [2.75, 3.05) is 30.8 Å². The van der Waals surface area contributed by atoms with E-state index in [1.165, 1.54) is 14.0 Å². The zero-order valence-electron chi connectivity index (χ0n) is 16.5. The lowest BCUT2D eigenvalue weighted by molar-refractivity contribution is -0.121. The van der Waals surface area contributed by atoms with Crippen molar-refractivity contribution in [3.8, 4) is 11.5 Å². The van der Waals surface area contributed by atoms with Gasteiger partial charge in [0.25, 0.3) is 0 Å². The average Bonchev–Trinajstić information content (AvgIpc) is 2.65. The van der Waals surface area contributed by atoms with E-state index < -0.39 is 22.0 Å². The maximum absolute atomic E-state index is 12.5. The lowest BCUT2D eigenvalue weighted by atomic mass is 10.2. The van der Waals surface area contributed by atoms with Gasteiger partial charge < -0.3 is 14.8 Å². The number of aryl methyl sites for hydroxylation is 1. The second-order valence-electron chi connectivity index (χ2n) is 6.39. The van der Waals surface area contributed by atoms with E-state index in [0.29, 0.717) is 17.2 Å². The van der Waals surface area contributed by atoms with Crippen LogP contribution in [0.15, 0.2) is 48.5 Å². The summed E-state index contributed by atoms with van der Waals surface area (Å²) in [6, 6.07) is 13.2. The van der Waals surface area contributed by atoms with E-state index in [9.17, 15) is 13.2 Å². The lowest BCUT2D eigenvalue weighted by Crippen LogP contribution is -2.48. The Morgan fingerprint density at radius 1 is 1.14 bits per heavy atom. The van der Waals surface area contributed by atoms with Gasteiger partial charge in [-0.2, -0.15) is 0 Å². The number of nitrogens with one attached hydrogen (secondary N) is 1. The summed E-state index contributed by atoms with van der Waals surface area (Å²) < 4.78 is 36.4. The SMILES string of the molecule is COc1cccc(N(C(C)C(=O)NCCOc2ccc(C)cc2)S(C)(=O)=O)c1. The molecule has 0 fully saturated rings. The third-order valence-corrected chi connectivity index (χ3v) is 5.33. The van der Waals surface area contributed by atoms with Crippen LogP contribution in [-0.2, 0) is 14.8 Å². The summed E-state index contributed by atoms with van der Waals surface area (Å²) >= 11 is 0. The van der Waals surface area contributed by atoms with E-state index in [2.05, 4.69) is 5.32 Å². The summed E-state index contributed by atoms with van der Waals surface area (Å²) in [5, 5.41) is 2.71. The molecule has 0 aliphatic carbocycles. The predicted octanol–water partition coefficient (Wildman–Crippen LogP) is 2.35. The van der Waals surface area contributed by atoms with E-state index in [1.807, 2.05) is 31.2 Å². The van der Waals surface area contributed by atoms with Gasteiger partial charge in [-0.3, -0.25) is 9.10 Å². The maximum Gasteiger partial charge on any atom is 0.243 e. The topological polar surface area (TPSA) is 84.9 Å². The number of methoxy groups -OCH3 is 1. The molecule has 0 aliphatic heterocycles. The van der Waals surface area contributed by atoms with Crippen LogP contribution < -0.4 is 19.1 Å². The number of hydrogen-bond acceptors (Lipinski definition) is 5. The average molecular weight is 407 g/mol. The maximum atomic E-state index is 12.5. The van der Waals surface area contributed by atoms with Gasteiger partial charge in [0.2, 0.25) is 15.9 Å². The fourth-order valence-corrected chi connectivity index (χ4v) is 3.85. The minimum atomic E-state index is -3.68. The number of anilines is 1. The van der Waals surface area contributed by atoms with Crippen molar-refractivity contribution in [2.24, 2.45) is 0 Å². The number of amides is 1. The van der Waals surface area contributed by atoms with Gasteiger partial charge >= 0.3 is 0 Å². The Morgan fingerprint density at radius 2 is 1.82 bits per heavy atom. The van der Waals surface area contributed by atoms with E-state index in [-0.39, 0.29) is 13.2 Å². The molecule has 0 saturated carbocycles. The Hall–Kier alpha value is -2.74. The molecule has 0 heterocycles. The van der Waals surface area contributed by atoms with Gasteiger partial charge in [-0.25, -0.2) is 8.42 Å². The highest BCUT2D eigenvalue weighted by Crippen LogP contribution is 2.25. The summed E-state index contributed by atoms with van der Waals surface area (Å²) in [6.07, 6.45) is 1.07. The van der Waals surface area contributed by atoms with Crippen LogP contribution in [0.1, 0.15) is 12.5 Å². The van der Waals surface area contributed by atoms with Crippen LogP contribution in [0.4, 0.5) is 5.69 Å². The normalized spacial score (nSPS) is 12.1. The minimum Gasteiger partial charge on any atom is -0.497 e. The van der Waals surface area contributed by atoms with Crippen molar-refractivity contribution in [2.45, 2.75) is 19.9 Å².